The molecule has 2 fully saturated rings. The number of thioether (sulfide) groups is 1. The van der Waals surface area contributed by atoms with E-state index in [0.29, 0.717) is 32.6 Å². The number of nitrogens with zero attached hydrogens (tertiary/aromatic N) is 1. The van der Waals surface area contributed by atoms with Crippen molar-refractivity contribution in [3.8, 4) is 0 Å². The Morgan fingerprint density at radius 1 is 1.44 bits per heavy atom. The fourth-order valence-electron chi connectivity index (χ4n) is 2.61. The zero-order valence-corrected chi connectivity index (χ0v) is 11.9. The second-order valence-corrected chi connectivity index (χ2v) is 6.70. The van der Waals surface area contributed by atoms with Crippen LogP contribution >= 0.6 is 11.8 Å². The van der Waals surface area contributed by atoms with Gasteiger partial charge < -0.3 is 14.7 Å². The summed E-state index contributed by atoms with van der Waals surface area (Å²) in [5.74, 6) is 1.27. The molecule has 1 N–H and O–H groups in total. The van der Waals surface area contributed by atoms with Gasteiger partial charge in [0.15, 0.2) is 0 Å². The molecule has 0 aromatic heterocycles. The third-order valence-electron chi connectivity index (χ3n) is 3.79. The molecular weight excluding hydrogens is 250 g/mol. The maximum absolute atomic E-state index is 12.3. The normalized spacial score (nSPS) is 27.8. The van der Waals surface area contributed by atoms with Gasteiger partial charge in [-0.05, 0) is 18.6 Å². The van der Waals surface area contributed by atoms with Gasteiger partial charge in [-0.25, -0.2) is 0 Å². The third kappa shape index (κ3) is 3.62. The average molecular weight is 273 g/mol. The molecule has 4 nitrogen and oxygen atoms in total. The molecule has 5 heteroatoms. The van der Waals surface area contributed by atoms with Crippen molar-refractivity contribution in [2.24, 2.45) is 0 Å². The van der Waals surface area contributed by atoms with Gasteiger partial charge in [0.25, 0.3) is 0 Å². The second-order valence-electron chi connectivity index (χ2n) is 5.39. The minimum Gasteiger partial charge on any atom is -0.388 e. The van der Waals surface area contributed by atoms with Crippen molar-refractivity contribution in [1.29, 1.82) is 0 Å². The summed E-state index contributed by atoms with van der Waals surface area (Å²) in [6.45, 7) is 1.62. The van der Waals surface area contributed by atoms with Crippen LogP contribution in [0, 0.1) is 0 Å². The van der Waals surface area contributed by atoms with Crippen LogP contribution in [0.25, 0.3) is 0 Å². The molecule has 2 aliphatic heterocycles. The highest BCUT2D eigenvalue weighted by Gasteiger charge is 2.34. The van der Waals surface area contributed by atoms with E-state index in [1.165, 1.54) is 6.42 Å². The molecule has 1 atom stereocenters. The summed E-state index contributed by atoms with van der Waals surface area (Å²) in [6.07, 6.45) is 4.61. The molecule has 2 rings (SSSR count). The van der Waals surface area contributed by atoms with Crippen LogP contribution in [-0.4, -0.2) is 59.3 Å². The van der Waals surface area contributed by atoms with Gasteiger partial charge in [0.2, 0.25) is 5.91 Å². The molecule has 1 amide bonds. The lowest BCUT2D eigenvalue weighted by Crippen LogP contribution is -2.49. The Morgan fingerprint density at radius 3 is 2.78 bits per heavy atom. The lowest BCUT2D eigenvalue weighted by atomic mass is 9.94. The molecule has 0 aromatic carbocycles. The van der Waals surface area contributed by atoms with Crippen LogP contribution in [0.15, 0.2) is 0 Å². The summed E-state index contributed by atoms with van der Waals surface area (Å²) in [7, 11) is 1.81. The predicted molar refractivity (Wildman–Crippen MR) is 72.7 cm³/mol. The van der Waals surface area contributed by atoms with Gasteiger partial charge in [-0.2, -0.15) is 0 Å². The van der Waals surface area contributed by atoms with E-state index >= 15 is 0 Å². The molecule has 2 saturated heterocycles. The Morgan fingerprint density at radius 2 is 2.17 bits per heavy atom. The number of carbonyl (C=O) groups excluding carboxylic acids is 1. The Kier molecular flexibility index (Phi) is 4.92. The van der Waals surface area contributed by atoms with Crippen LogP contribution in [0.4, 0.5) is 0 Å². The summed E-state index contributed by atoms with van der Waals surface area (Å²) in [6, 6.07) is 0. The highest BCUT2D eigenvalue weighted by molar-refractivity contribution is 8.00. The summed E-state index contributed by atoms with van der Waals surface area (Å²) < 4.78 is 5.26. The average Bonchev–Trinajstić information content (AvgIpc) is 2.39. The van der Waals surface area contributed by atoms with Gasteiger partial charge in [-0.1, -0.05) is 6.42 Å². The molecule has 0 radical (unpaired) electrons. The Labute approximate surface area is 113 Å². The summed E-state index contributed by atoms with van der Waals surface area (Å²) in [5, 5.41) is 10.5. The van der Waals surface area contributed by atoms with Crippen molar-refractivity contribution >= 4 is 17.7 Å². The van der Waals surface area contributed by atoms with E-state index < -0.39 is 5.60 Å². The number of hydrogen-bond acceptors (Lipinski definition) is 4. The van der Waals surface area contributed by atoms with Crippen LogP contribution in [0.3, 0.4) is 0 Å². The SMILES string of the molecule is CN(CC1(O)CCOCC1)C(=O)C1CCCCS1. The number of aliphatic hydroxyl groups is 1. The van der Waals surface area contributed by atoms with Gasteiger partial charge in [-0.15, -0.1) is 11.8 Å². The number of ether oxygens (including phenoxy) is 1. The zero-order valence-electron chi connectivity index (χ0n) is 11.1. The first-order valence-electron chi connectivity index (χ1n) is 6.77. The molecular formula is C13H23NO3S. The maximum Gasteiger partial charge on any atom is 0.235 e. The van der Waals surface area contributed by atoms with Crippen molar-refractivity contribution in [1.82, 2.24) is 4.90 Å². The molecule has 0 saturated carbocycles. The smallest absolute Gasteiger partial charge is 0.235 e. The number of rotatable bonds is 3. The van der Waals surface area contributed by atoms with Crippen molar-refractivity contribution in [2.75, 3.05) is 32.6 Å². The van der Waals surface area contributed by atoms with Crippen LogP contribution in [-0.2, 0) is 9.53 Å². The maximum atomic E-state index is 12.3. The Balaban J connectivity index is 1.85. The lowest BCUT2D eigenvalue weighted by molar-refractivity contribution is -0.136. The topological polar surface area (TPSA) is 49.8 Å². The predicted octanol–water partition coefficient (Wildman–Crippen LogP) is 1.27. The minimum absolute atomic E-state index is 0.104. The largest absolute Gasteiger partial charge is 0.388 e. The first kappa shape index (κ1) is 14.2. The lowest BCUT2D eigenvalue weighted by Gasteiger charge is -2.36. The number of carbonyl (C=O) groups is 1. The Bertz CT molecular complexity index is 286. The molecule has 0 spiro atoms. The first-order chi connectivity index (χ1) is 8.61. The van der Waals surface area contributed by atoms with Gasteiger partial charge in [0, 0.05) is 39.6 Å². The molecule has 0 aromatic rings. The Hall–Kier alpha value is -0.260. The van der Waals surface area contributed by atoms with E-state index in [2.05, 4.69) is 0 Å². The van der Waals surface area contributed by atoms with Crippen LogP contribution in [0.1, 0.15) is 32.1 Å². The van der Waals surface area contributed by atoms with E-state index in [0.717, 1.165) is 18.6 Å². The third-order valence-corrected chi connectivity index (χ3v) is 5.15. The molecule has 2 aliphatic rings. The van der Waals surface area contributed by atoms with E-state index in [1.807, 2.05) is 7.05 Å². The summed E-state index contributed by atoms with van der Waals surface area (Å²) in [4.78, 5) is 14.0. The monoisotopic (exact) mass is 273 g/mol. The standard InChI is InChI=1S/C13H23NO3S/c1-14(10-13(16)5-7-17-8-6-13)12(15)11-4-2-3-9-18-11/h11,16H,2-10H2,1H3. The first-order valence-corrected chi connectivity index (χ1v) is 7.82. The van der Waals surface area contributed by atoms with Crippen molar-refractivity contribution in [2.45, 2.75) is 43.0 Å². The molecule has 0 aliphatic carbocycles. The number of hydrogen-bond donors (Lipinski definition) is 1. The van der Waals surface area contributed by atoms with Gasteiger partial charge in [0.05, 0.1) is 10.9 Å². The number of likely N-dealkylation sites (N-methyl/N-ethyl adjacent to an activating group) is 1. The highest BCUT2D eigenvalue weighted by atomic mass is 32.2. The molecule has 1 unspecified atom stereocenters. The quantitative estimate of drug-likeness (QED) is 0.841. The minimum atomic E-state index is -0.748. The second kappa shape index (κ2) is 6.26. The van der Waals surface area contributed by atoms with E-state index in [1.54, 1.807) is 16.7 Å². The van der Waals surface area contributed by atoms with E-state index in [-0.39, 0.29) is 11.2 Å². The van der Waals surface area contributed by atoms with Gasteiger partial charge >= 0.3 is 0 Å². The summed E-state index contributed by atoms with van der Waals surface area (Å²) in [5.41, 5.74) is -0.748. The van der Waals surface area contributed by atoms with Crippen molar-refractivity contribution in [3.05, 3.63) is 0 Å². The van der Waals surface area contributed by atoms with Crippen molar-refractivity contribution in [3.63, 3.8) is 0 Å². The van der Waals surface area contributed by atoms with E-state index in [4.69, 9.17) is 4.74 Å². The molecule has 18 heavy (non-hydrogen) atoms. The van der Waals surface area contributed by atoms with Crippen LogP contribution in [0.2, 0.25) is 0 Å². The highest BCUT2D eigenvalue weighted by Crippen LogP contribution is 2.28. The zero-order chi connectivity index (χ0) is 13.0. The van der Waals surface area contributed by atoms with Crippen molar-refractivity contribution < 1.29 is 14.6 Å². The fraction of sp³-hybridized carbons (Fsp3) is 0.923. The molecule has 0 bridgehead atoms. The van der Waals surface area contributed by atoms with E-state index in [9.17, 15) is 9.90 Å². The van der Waals surface area contributed by atoms with Crippen LogP contribution < -0.4 is 0 Å². The van der Waals surface area contributed by atoms with Gasteiger partial charge in [-0.3, -0.25) is 4.79 Å². The summed E-state index contributed by atoms with van der Waals surface area (Å²) >= 11 is 1.76. The van der Waals surface area contributed by atoms with Crippen LogP contribution in [0.5, 0.6) is 0 Å². The fourth-order valence-corrected chi connectivity index (χ4v) is 3.92. The number of amides is 1. The molecule has 104 valence electrons. The molecule has 2 heterocycles. The van der Waals surface area contributed by atoms with Gasteiger partial charge in [0.1, 0.15) is 0 Å².